The normalized spacial score (nSPS) is 9.62. The van der Waals surface area contributed by atoms with E-state index in [2.05, 4.69) is 128 Å². The van der Waals surface area contributed by atoms with E-state index in [1.54, 1.807) is 0 Å². The van der Waals surface area contributed by atoms with Crippen LogP contribution in [0, 0.1) is 0 Å². The molecule has 0 radical (unpaired) electrons. The monoisotopic (exact) mass is 599 g/mol. The molecule has 37 heavy (non-hydrogen) atoms. The first kappa shape index (κ1) is 30.5. The van der Waals surface area contributed by atoms with E-state index in [-0.39, 0.29) is 24.8 Å². The first-order chi connectivity index (χ1) is 17.1. The zero-order valence-electron chi connectivity index (χ0n) is 21.0. The molecule has 0 fully saturated rings. The van der Waals surface area contributed by atoms with E-state index in [0.717, 1.165) is 0 Å². The average molecular weight is 602 g/mol. The third-order valence-electron chi connectivity index (χ3n) is 5.79. The minimum Gasteiger partial charge on any atom is -0.214 e. The molecule has 4 heteroatoms. The summed E-state index contributed by atoms with van der Waals surface area (Å²) in [5.74, 6) is 0. The molecule has 6 rings (SSSR count). The van der Waals surface area contributed by atoms with Gasteiger partial charge in [0.05, 0.1) is 0 Å². The van der Waals surface area contributed by atoms with Gasteiger partial charge in [0.2, 0.25) is 0 Å². The summed E-state index contributed by atoms with van der Waals surface area (Å²) in [7, 11) is 4.15. The molecule has 0 atom stereocenters. The Morgan fingerprint density at radius 3 is 1.62 bits per heavy atom. The largest absolute Gasteiger partial charge is 0.214 e. The number of anilines is 1. The number of nitrogens with zero attached hydrogens (tertiary/aromatic N) is 1. The molecule has 0 amide bonds. The van der Waals surface area contributed by atoms with E-state index in [9.17, 15) is 0 Å². The molecular weight excluding hydrogens is 573 g/mol. The quantitative estimate of drug-likeness (QED) is 0.281. The zero-order valence-corrected chi connectivity index (χ0v) is 25.0. The smallest absolute Gasteiger partial charge is 0.172 e. The molecule has 0 aliphatic carbocycles. The van der Waals surface area contributed by atoms with E-state index in [1.807, 2.05) is 30.3 Å². The van der Waals surface area contributed by atoms with E-state index >= 15 is 0 Å². The van der Waals surface area contributed by atoms with Gasteiger partial charge in [-0.25, -0.2) is 12.1 Å². The number of rotatable bonds is 3. The van der Waals surface area contributed by atoms with Crippen molar-refractivity contribution in [3.05, 3.63) is 151 Å². The average Bonchev–Trinajstić information content (AvgIpc) is 3.61. The van der Waals surface area contributed by atoms with Gasteiger partial charge in [0, 0.05) is 19.8 Å². The summed E-state index contributed by atoms with van der Waals surface area (Å²) in [4.78, 5) is 2.14. The maximum atomic E-state index is 2.26. The van der Waals surface area contributed by atoms with Gasteiger partial charge in [-0.2, -0.15) is 18.2 Å². The van der Waals surface area contributed by atoms with Gasteiger partial charge in [-0.05, 0) is 0 Å². The minimum atomic E-state index is 0. The van der Waals surface area contributed by atoms with Crippen molar-refractivity contribution in [1.29, 1.82) is 0 Å². The third kappa shape index (κ3) is 8.37. The van der Waals surface area contributed by atoms with E-state index in [1.165, 1.54) is 65.8 Å². The Morgan fingerprint density at radius 2 is 1.11 bits per heavy atom. The fourth-order valence-electron chi connectivity index (χ4n) is 3.93. The second kappa shape index (κ2) is 15.5. The number of hydrogen-bond donors (Lipinski definition) is 0. The fourth-order valence-corrected chi connectivity index (χ4v) is 4.75. The van der Waals surface area contributed by atoms with Crippen molar-refractivity contribution in [2.75, 3.05) is 19.0 Å². The van der Waals surface area contributed by atoms with Crippen LogP contribution in [0.25, 0.3) is 21.5 Å². The van der Waals surface area contributed by atoms with Crippen molar-refractivity contribution >= 4 is 30.4 Å². The van der Waals surface area contributed by atoms with Crippen LogP contribution in [0.2, 0.25) is 0 Å². The van der Waals surface area contributed by atoms with Gasteiger partial charge in [-0.1, -0.05) is 36.4 Å². The molecule has 0 aliphatic rings. The summed E-state index contributed by atoms with van der Waals surface area (Å²) in [6.45, 7) is 0. The Labute approximate surface area is 247 Å². The van der Waals surface area contributed by atoms with Gasteiger partial charge < -0.3 is 29.7 Å². The van der Waals surface area contributed by atoms with Crippen LogP contribution in [0.4, 0.5) is 5.69 Å². The van der Waals surface area contributed by atoms with Crippen molar-refractivity contribution in [2.24, 2.45) is 0 Å². The van der Waals surface area contributed by atoms with Crippen LogP contribution in [0.3, 0.4) is 0 Å². The van der Waals surface area contributed by atoms with E-state index < -0.39 is 0 Å². The van der Waals surface area contributed by atoms with Crippen molar-refractivity contribution in [2.45, 2.75) is 0 Å². The second-order valence-corrected chi connectivity index (χ2v) is 9.70. The Hall–Kier alpha value is -2.77. The molecule has 0 N–H and O–H groups in total. The van der Waals surface area contributed by atoms with Crippen molar-refractivity contribution in [3.63, 3.8) is 0 Å². The van der Waals surface area contributed by atoms with Crippen LogP contribution in [0.5, 0.6) is 0 Å². The van der Waals surface area contributed by atoms with E-state index in [4.69, 9.17) is 0 Å². The van der Waals surface area contributed by atoms with Crippen LogP contribution < -0.4 is 29.7 Å². The minimum absolute atomic E-state index is 0. The molecule has 0 aliphatic heterocycles. The summed E-state index contributed by atoms with van der Waals surface area (Å²) >= 11 is 1.46. The van der Waals surface area contributed by atoms with Gasteiger partial charge in [0.1, 0.15) is 0 Å². The van der Waals surface area contributed by atoms with Crippen molar-refractivity contribution in [3.8, 4) is 0 Å². The molecule has 0 unspecified atom stereocenters. The maximum Gasteiger partial charge on any atom is -0.172 e. The molecule has 1 nitrogen and oxygen atoms in total. The third-order valence-corrected chi connectivity index (χ3v) is 7.21. The Kier molecular flexibility index (Phi) is 12.7. The summed E-state index contributed by atoms with van der Waals surface area (Å²) in [6.07, 6.45) is 0. The number of hydrogen-bond acceptors (Lipinski definition) is 1. The molecule has 6 aromatic carbocycles. The van der Waals surface area contributed by atoms with Gasteiger partial charge in [-0.15, -0.1) is 33.7 Å². The molecule has 0 aromatic heterocycles. The van der Waals surface area contributed by atoms with Crippen molar-refractivity contribution < 1.29 is 49.0 Å². The number of fused-ring (bicyclic) bond motifs is 3. The molecular formula is C33H29Cl2NZr-2. The number of benzene rings is 4. The summed E-state index contributed by atoms with van der Waals surface area (Å²) in [6, 6.07) is 48.6. The van der Waals surface area contributed by atoms with Crippen LogP contribution >= 0.6 is 0 Å². The van der Waals surface area contributed by atoms with Gasteiger partial charge >= 0.3 is 99.2 Å². The predicted molar refractivity (Wildman–Crippen MR) is 150 cm³/mol. The fraction of sp³-hybridized carbons (Fsp3) is 0.0606. The summed E-state index contributed by atoms with van der Waals surface area (Å²) < 4.78 is 1.42. The first-order valence-corrected chi connectivity index (χ1v) is 13.0. The molecule has 0 saturated carbocycles. The van der Waals surface area contributed by atoms with Crippen LogP contribution in [0.15, 0.2) is 140 Å². The molecule has 0 saturated heterocycles. The van der Waals surface area contributed by atoms with Gasteiger partial charge in [0.15, 0.2) is 0 Å². The summed E-state index contributed by atoms with van der Waals surface area (Å²) in [5.41, 5.74) is 3.91. The molecule has 0 bridgehead atoms. The van der Waals surface area contributed by atoms with Crippen LogP contribution in [0.1, 0.15) is 11.1 Å². The maximum absolute atomic E-state index is 2.26. The molecule has 0 heterocycles. The standard InChI is InChI=1S/C15H14N.C13H10.C5H5.2ClH.Zr/c1-16(2)13-7-8-15-12(10-13)9-11-5-3-4-6-14(11)15;1-3-7-12(8-4-1)11-13-9-5-2-6-10-13;1-2-4-5-3-1;;;/h3-10H,1-2H3;1-10H;1-5H;2*1H;/q-1;;-1;;;+2/p-2. The molecule has 0 spiro atoms. The Bertz CT molecular complexity index is 1410. The van der Waals surface area contributed by atoms with E-state index in [0.29, 0.717) is 0 Å². The second-order valence-electron chi connectivity index (χ2n) is 8.47. The SMILES string of the molecule is CN(C)c1ccc2c(c1)[cH-]c1ccccc12.[Cl-].[Cl-].[Zr+2]=[C](c1ccccc1)c1ccccc1.c1cc[cH-]c1. The number of halogens is 2. The van der Waals surface area contributed by atoms with Gasteiger partial charge in [-0.3, -0.25) is 0 Å². The summed E-state index contributed by atoms with van der Waals surface area (Å²) in [5, 5.41) is 5.35. The molecule has 186 valence electrons. The van der Waals surface area contributed by atoms with Crippen molar-refractivity contribution in [1.82, 2.24) is 0 Å². The van der Waals surface area contributed by atoms with Gasteiger partial charge in [0.25, 0.3) is 0 Å². The van der Waals surface area contributed by atoms with Crippen LogP contribution in [-0.4, -0.2) is 17.3 Å². The Morgan fingerprint density at radius 1 is 0.595 bits per heavy atom. The Balaban J connectivity index is 0.000000211. The molecule has 6 aromatic rings. The predicted octanol–water partition coefficient (Wildman–Crippen LogP) is 1.99. The zero-order chi connectivity index (χ0) is 24.5. The topological polar surface area (TPSA) is 3.24 Å². The van der Waals surface area contributed by atoms with Crippen LogP contribution in [-0.2, 0) is 24.2 Å². The first-order valence-electron chi connectivity index (χ1n) is 11.7.